The number of amides is 2. The number of carbonyl (C=O) groups is 2. The van der Waals surface area contributed by atoms with Crippen LogP contribution in [0, 0.1) is 18.2 Å². The summed E-state index contributed by atoms with van der Waals surface area (Å²) in [5.74, 6) is -0.451. The van der Waals surface area contributed by atoms with Gasteiger partial charge in [0, 0.05) is 32.9 Å². The Kier molecular flexibility index (Phi) is 6.31. The highest BCUT2D eigenvalue weighted by atomic mass is 19.1. The van der Waals surface area contributed by atoms with Crippen molar-refractivity contribution in [2.24, 2.45) is 12.5 Å². The van der Waals surface area contributed by atoms with E-state index in [1.54, 1.807) is 28.9 Å². The highest BCUT2D eigenvalue weighted by Gasteiger charge is 2.43. The fraction of sp³-hybridized carbons (Fsp3) is 0.346. The summed E-state index contributed by atoms with van der Waals surface area (Å²) in [5.41, 5.74) is 3.30. The van der Waals surface area contributed by atoms with Gasteiger partial charge in [-0.3, -0.25) is 14.3 Å². The van der Waals surface area contributed by atoms with Gasteiger partial charge < -0.3 is 10.2 Å². The minimum absolute atomic E-state index is 0.0703. The maximum absolute atomic E-state index is 13.7. The molecule has 0 bridgehead atoms. The van der Waals surface area contributed by atoms with E-state index in [2.05, 4.69) is 10.4 Å². The second-order valence-electron chi connectivity index (χ2n) is 8.84. The molecule has 6 nitrogen and oxygen atoms in total. The van der Waals surface area contributed by atoms with Gasteiger partial charge >= 0.3 is 0 Å². The topological polar surface area (TPSA) is 67.2 Å². The number of benzene rings is 2. The number of nitrogens with one attached hydrogen (secondary N) is 1. The third-order valence-corrected chi connectivity index (χ3v) is 6.67. The van der Waals surface area contributed by atoms with Crippen molar-refractivity contribution in [3.05, 3.63) is 77.4 Å². The molecule has 1 unspecified atom stereocenters. The Morgan fingerprint density at radius 2 is 1.88 bits per heavy atom. The molecule has 0 radical (unpaired) electrons. The molecule has 1 fully saturated rings. The van der Waals surface area contributed by atoms with Gasteiger partial charge in [-0.1, -0.05) is 36.4 Å². The molecule has 0 saturated carbocycles. The van der Waals surface area contributed by atoms with E-state index < -0.39 is 5.41 Å². The van der Waals surface area contributed by atoms with E-state index in [1.165, 1.54) is 12.1 Å². The van der Waals surface area contributed by atoms with Crippen molar-refractivity contribution < 1.29 is 14.0 Å². The van der Waals surface area contributed by atoms with Gasteiger partial charge in [0.25, 0.3) is 5.91 Å². The maximum atomic E-state index is 13.7. The monoisotopic (exact) mass is 448 g/mol. The van der Waals surface area contributed by atoms with Gasteiger partial charge in [-0.25, -0.2) is 4.39 Å². The van der Waals surface area contributed by atoms with Crippen LogP contribution in [-0.4, -0.2) is 46.6 Å². The molecule has 1 aromatic heterocycles. The minimum atomic E-state index is -0.737. The first-order chi connectivity index (χ1) is 15.8. The smallest absolute Gasteiger partial charge is 0.257 e. The number of piperidine rings is 1. The molecule has 1 aliphatic heterocycles. The molecule has 1 saturated heterocycles. The molecule has 172 valence electrons. The maximum Gasteiger partial charge on any atom is 0.257 e. The number of aromatic nitrogens is 2. The van der Waals surface area contributed by atoms with Crippen LogP contribution < -0.4 is 5.32 Å². The largest absolute Gasteiger partial charge is 0.359 e. The van der Waals surface area contributed by atoms with Crippen LogP contribution in [0.2, 0.25) is 0 Å². The molecule has 1 atom stereocenters. The third kappa shape index (κ3) is 4.53. The summed E-state index contributed by atoms with van der Waals surface area (Å²) >= 11 is 0. The molecule has 2 heterocycles. The summed E-state index contributed by atoms with van der Waals surface area (Å²) in [6.07, 6.45) is 3.51. The molecule has 4 rings (SSSR count). The highest BCUT2D eigenvalue weighted by molar-refractivity contribution is 5.96. The number of hydrogen-bond donors (Lipinski definition) is 1. The first-order valence-electron chi connectivity index (χ1n) is 11.2. The molecular formula is C26H29FN4O2. The second kappa shape index (κ2) is 9.17. The first kappa shape index (κ1) is 22.7. The van der Waals surface area contributed by atoms with Crippen molar-refractivity contribution in [3.8, 4) is 11.1 Å². The molecule has 33 heavy (non-hydrogen) atoms. The van der Waals surface area contributed by atoms with Crippen molar-refractivity contribution in [1.29, 1.82) is 0 Å². The van der Waals surface area contributed by atoms with E-state index in [1.807, 2.05) is 44.3 Å². The number of aryl methyl sites for hydroxylation is 1. The summed E-state index contributed by atoms with van der Waals surface area (Å²) in [6.45, 7) is 2.81. The Balaban J connectivity index is 1.63. The predicted molar refractivity (Wildman–Crippen MR) is 125 cm³/mol. The number of hydrogen-bond acceptors (Lipinski definition) is 3. The molecule has 2 aromatic carbocycles. The average molecular weight is 449 g/mol. The van der Waals surface area contributed by atoms with Crippen LogP contribution >= 0.6 is 0 Å². The van der Waals surface area contributed by atoms with E-state index in [0.29, 0.717) is 31.5 Å². The Labute approximate surface area is 193 Å². The number of halogens is 1. The van der Waals surface area contributed by atoms with Gasteiger partial charge in [0.2, 0.25) is 5.91 Å². The Morgan fingerprint density at radius 3 is 2.55 bits per heavy atom. The minimum Gasteiger partial charge on any atom is -0.359 e. The van der Waals surface area contributed by atoms with Gasteiger partial charge in [0.15, 0.2) is 0 Å². The standard InChI is InChI=1S/C26H29FN4O2/c1-18-23(16-29-30(18)3)24(32)31-12-6-11-26(17-31,25(33)28-2)15-19-7-4-8-20(13-19)21-9-5-10-22(27)14-21/h4-5,7-10,13-14,16H,6,11-12,15,17H2,1-3H3,(H,28,33). The Hall–Kier alpha value is -3.48. The molecular weight excluding hydrogens is 419 g/mol. The Bertz CT molecular complexity index is 1190. The van der Waals surface area contributed by atoms with Crippen LogP contribution in [0.25, 0.3) is 11.1 Å². The highest BCUT2D eigenvalue weighted by Crippen LogP contribution is 2.36. The van der Waals surface area contributed by atoms with Crippen LogP contribution in [0.4, 0.5) is 4.39 Å². The average Bonchev–Trinajstić information content (AvgIpc) is 3.16. The van der Waals surface area contributed by atoms with Crippen LogP contribution in [0.1, 0.15) is 34.5 Å². The predicted octanol–water partition coefficient (Wildman–Crippen LogP) is 3.75. The lowest BCUT2D eigenvalue weighted by molar-refractivity contribution is -0.133. The van der Waals surface area contributed by atoms with E-state index in [9.17, 15) is 14.0 Å². The van der Waals surface area contributed by atoms with Crippen molar-refractivity contribution in [1.82, 2.24) is 20.0 Å². The number of rotatable bonds is 5. The zero-order valence-corrected chi connectivity index (χ0v) is 19.3. The summed E-state index contributed by atoms with van der Waals surface area (Å²) < 4.78 is 15.4. The SMILES string of the molecule is CNC(=O)C1(Cc2cccc(-c3cccc(F)c3)c2)CCCN(C(=O)c2cnn(C)c2C)C1. The lowest BCUT2D eigenvalue weighted by Crippen LogP contribution is -2.54. The normalized spacial score (nSPS) is 18.2. The number of carbonyl (C=O) groups excluding carboxylic acids is 2. The molecule has 1 aliphatic rings. The molecule has 0 spiro atoms. The zero-order valence-electron chi connectivity index (χ0n) is 19.3. The molecule has 7 heteroatoms. The summed E-state index contributed by atoms with van der Waals surface area (Å²) in [6, 6.07) is 14.3. The van der Waals surface area contributed by atoms with E-state index in [0.717, 1.165) is 28.8 Å². The first-order valence-corrected chi connectivity index (χ1v) is 11.2. The van der Waals surface area contributed by atoms with Crippen LogP contribution in [0.3, 0.4) is 0 Å². The molecule has 2 amide bonds. The Morgan fingerprint density at radius 1 is 1.15 bits per heavy atom. The van der Waals surface area contributed by atoms with E-state index in [-0.39, 0.29) is 17.6 Å². The number of likely N-dealkylation sites (tertiary alicyclic amines) is 1. The lowest BCUT2D eigenvalue weighted by atomic mass is 9.74. The van der Waals surface area contributed by atoms with Crippen molar-refractivity contribution in [3.63, 3.8) is 0 Å². The third-order valence-electron chi connectivity index (χ3n) is 6.67. The summed E-state index contributed by atoms with van der Waals surface area (Å²) in [7, 11) is 3.45. The van der Waals surface area contributed by atoms with Gasteiger partial charge in [-0.15, -0.1) is 0 Å². The second-order valence-corrected chi connectivity index (χ2v) is 8.84. The number of nitrogens with zero attached hydrogens (tertiary/aromatic N) is 3. The van der Waals surface area contributed by atoms with Gasteiger partial charge in [0.05, 0.1) is 17.2 Å². The zero-order chi connectivity index (χ0) is 23.6. The van der Waals surface area contributed by atoms with Gasteiger partial charge in [-0.2, -0.15) is 5.10 Å². The molecule has 1 N–H and O–H groups in total. The van der Waals surface area contributed by atoms with Gasteiger partial charge in [-0.05, 0) is 55.0 Å². The van der Waals surface area contributed by atoms with Crippen molar-refractivity contribution in [2.45, 2.75) is 26.2 Å². The summed E-state index contributed by atoms with van der Waals surface area (Å²) in [5, 5.41) is 7.02. The van der Waals surface area contributed by atoms with Crippen LogP contribution in [0.5, 0.6) is 0 Å². The fourth-order valence-corrected chi connectivity index (χ4v) is 4.78. The van der Waals surface area contributed by atoms with Crippen LogP contribution in [-0.2, 0) is 18.3 Å². The lowest BCUT2D eigenvalue weighted by Gasteiger charge is -2.41. The van der Waals surface area contributed by atoms with Crippen molar-refractivity contribution in [2.75, 3.05) is 20.1 Å². The molecule has 0 aliphatic carbocycles. The van der Waals surface area contributed by atoms with E-state index in [4.69, 9.17) is 0 Å². The quantitative estimate of drug-likeness (QED) is 0.647. The van der Waals surface area contributed by atoms with Crippen LogP contribution in [0.15, 0.2) is 54.7 Å². The fourth-order valence-electron chi connectivity index (χ4n) is 4.78. The van der Waals surface area contributed by atoms with Gasteiger partial charge in [0.1, 0.15) is 5.82 Å². The van der Waals surface area contributed by atoms with Crippen molar-refractivity contribution >= 4 is 11.8 Å². The van der Waals surface area contributed by atoms with E-state index >= 15 is 0 Å². The summed E-state index contributed by atoms with van der Waals surface area (Å²) in [4.78, 5) is 28.2. The molecule has 3 aromatic rings.